The monoisotopic (exact) mass is 387 g/mol. The number of para-hydroxylation sites is 1. The van der Waals surface area contributed by atoms with Crippen LogP contribution in [0.4, 0.5) is 0 Å². The van der Waals surface area contributed by atoms with Crippen LogP contribution in [0.25, 0.3) is 10.9 Å². The number of hydrogen-bond acceptors (Lipinski definition) is 5. The summed E-state index contributed by atoms with van der Waals surface area (Å²) in [6.07, 6.45) is 2.63. The Balaban J connectivity index is 2.05. The normalized spacial score (nSPS) is 14.0. The lowest BCUT2D eigenvalue weighted by molar-refractivity contribution is 0.213. The Labute approximate surface area is 159 Å². The highest BCUT2D eigenvalue weighted by Gasteiger charge is 2.28. The number of fused-ring (bicyclic) bond motifs is 1. The number of nitrogens with zero attached hydrogens (tertiary/aromatic N) is 2. The Morgan fingerprint density at radius 2 is 2.08 bits per heavy atom. The first-order valence-corrected chi connectivity index (χ1v) is 13.0. The van der Waals surface area contributed by atoms with Crippen molar-refractivity contribution in [3.05, 3.63) is 52.1 Å². The summed E-state index contributed by atoms with van der Waals surface area (Å²) in [5.41, 5.74) is 3.95. The van der Waals surface area contributed by atoms with E-state index in [4.69, 9.17) is 14.2 Å². The summed E-state index contributed by atoms with van der Waals surface area (Å²) in [4.78, 5) is 13.1. The maximum absolute atomic E-state index is 6.56. The highest BCUT2D eigenvalue weighted by Crippen LogP contribution is 2.35. The van der Waals surface area contributed by atoms with Gasteiger partial charge in [0.05, 0.1) is 5.69 Å². The van der Waals surface area contributed by atoms with Gasteiger partial charge in [-0.05, 0) is 32.1 Å². The molecule has 1 atom stereocenters. The quantitative estimate of drug-likeness (QED) is 0.339. The van der Waals surface area contributed by atoms with Crippen molar-refractivity contribution in [2.45, 2.75) is 39.1 Å². The van der Waals surface area contributed by atoms with E-state index in [0.717, 1.165) is 33.9 Å². The van der Waals surface area contributed by atoms with Crippen LogP contribution < -0.4 is 0 Å². The van der Waals surface area contributed by atoms with Crippen molar-refractivity contribution in [3.8, 4) is 0 Å². The van der Waals surface area contributed by atoms with E-state index in [9.17, 15) is 0 Å². The second-order valence-corrected chi connectivity index (χ2v) is 12.4. The maximum Gasteiger partial charge on any atom is 0.185 e. The smallest absolute Gasteiger partial charge is 0.185 e. The Morgan fingerprint density at radius 3 is 2.77 bits per heavy atom. The Bertz CT molecular complexity index is 911. The van der Waals surface area contributed by atoms with Gasteiger partial charge >= 0.3 is 0 Å². The summed E-state index contributed by atoms with van der Waals surface area (Å²) in [5, 5.41) is 8.25. The molecule has 2 aromatic heterocycles. The molecular weight excluding hydrogens is 362 g/mol. The molecule has 0 spiro atoms. The minimum atomic E-state index is -1.79. The predicted octanol–water partition coefficient (Wildman–Crippen LogP) is 5.33. The standard InChI is InChI=1S/C19H25N3O2SSi/c1-6-15(22-23-2)17-12-25-19(21-17)18(24-26(3,4)5)14-11-20-16-10-8-7-9-13(14)16/h7-12,18,20H,6H2,1-5H3/b22-15-. The molecule has 1 N–H and O–H groups in total. The highest BCUT2D eigenvalue weighted by atomic mass is 32.1. The van der Waals surface area contributed by atoms with Crippen molar-refractivity contribution in [2.75, 3.05) is 7.11 Å². The molecule has 0 aliphatic rings. The fraction of sp³-hybridized carbons (Fsp3) is 0.368. The Kier molecular flexibility index (Phi) is 5.60. The summed E-state index contributed by atoms with van der Waals surface area (Å²) < 4.78 is 6.56. The number of nitrogens with one attached hydrogen (secondary N) is 1. The Morgan fingerprint density at radius 1 is 1.31 bits per heavy atom. The molecule has 0 aliphatic carbocycles. The number of aromatic amines is 1. The van der Waals surface area contributed by atoms with E-state index in [1.165, 1.54) is 5.39 Å². The lowest BCUT2D eigenvalue weighted by Crippen LogP contribution is -2.28. The summed E-state index contributed by atoms with van der Waals surface area (Å²) in [5.74, 6) is 0. The molecule has 0 saturated heterocycles. The van der Waals surface area contributed by atoms with E-state index in [0.29, 0.717) is 0 Å². The molecule has 0 amide bonds. The van der Waals surface area contributed by atoms with Crippen molar-refractivity contribution in [2.24, 2.45) is 5.16 Å². The molecule has 5 nitrogen and oxygen atoms in total. The lowest BCUT2D eigenvalue weighted by atomic mass is 10.1. The van der Waals surface area contributed by atoms with Crippen molar-refractivity contribution in [1.29, 1.82) is 0 Å². The maximum atomic E-state index is 6.56. The van der Waals surface area contributed by atoms with E-state index in [2.05, 4.69) is 48.0 Å². The lowest BCUT2D eigenvalue weighted by Gasteiger charge is -2.25. The van der Waals surface area contributed by atoms with Crippen LogP contribution in [-0.4, -0.2) is 31.1 Å². The molecule has 3 rings (SSSR count). The minimum Gasteiger partial charge on any atom is -0.404 e. The molecule has 0 radical (unpaired) electrons. The van der Waals surface area contributed by atoms with E-state index in [-0.39, 0.29) is 6.10 Å². The minimum absolute atomic E-state index is 0.183. The van der Waals surface area contributed by atoms with Crippen molar-refractivity contribution in [3.63, 3.8) is 0 Å². The third kappa shape index (κ3) is 4.06. The van der Waals surface area contributed by atoms with Gasteiger partial charge in [0.2, 0.25) is 0 Å². The molecule has 0 fully saturated rings. The Hall–Kier alpha value is -1.96. The van der Waals surface area contributed by atoms with Gasteiger partial charge in [-0.3, -0.25) is 0 Å². The van der Waals surface area contributed by atoms with Gasteiger partial charge in [-0.25, -0.2) is 4.98 Å². The number of benzene rings is 1. The molecule has 0 bridgehead atoms. The summed E-state index contributed by atoms with van der Waals surface area (Å²) >= 11 is 1.61. The zero-order valence-electron chi connectivity index (χ0n) is 15.9. The number of thiazole rings is 1. The van der Waals surface area contributed by atoms with Gasteiger partial charge in [-0.2, -0.15) is 0 Å². The van der Waals surface area contributed by atoms with Crippen molar-refractivity contribution >= 4 is 36.3 Å². The van der Waals surface area contributed by atoms with Crippen LogP contribution in [0, 0.1) is 0 Å². The number of hydrogen-bond donors (Lipinski definition) is 1. The number of H-pyrrole nitrogens is 1. The zero-order chi connectivity index (χ0) is 18.7. The average Bonchev–Trinajstić information content (AvgIpc) is 3.24. The largest absolute Gasteiger partial charge is 0.404 e. The molecule has 0 aliphatic heterocycles. The van der Waals surface area contributed by atoms with E-state index in [1.807, 2.05) is 24.6 Å². The van der Waals surface area contributed by atoms with E-state index >= 15 is 0 Å². The molecule has 138 valence electrons. The third-order valence-electron chi connectivity index (χ3n) is 3.95. The van der Waals surface area contributed by atoms with Gasteiger partial charge in [-0.1, -0.05) is 30.3 Å². The van der Waals surface area contributed by atoms with Crippen LogP contribution >= 0.6 is 11.3 Å². The third-order valence-corrected chi connectivity index (χ3v) is 5.78. The van der Waals surface area contributed by atoms with Gasteiger partial charge in [0.1, 0.15) is 23.9 Å². The average molecular weight is 388 g/mol. The van der Waals surface area contributed by atoms with Crippen LogP contribution in [0.1, 0.15) is 35.7 Å². The highest BCUT2D eigenvalue weighted by molar-refractivity contribution is 7.10. The van der Waals surface area contributed by atoms with E-state index < -0.39 is 8.32 Å². The van der Waals surface area contributed by atoms with Crippen LogP contribution in [0.2, 0.25) is 19.6 Å². The van der Waals surface area contributed by atoms with Gasteiger partial charge in [0, 0.05) is 28.0 Å². The summed E-state index contributed by atoms with van der Waals surface area (Å²) in [6, 6.07) is 8.30. The van der Waals surface area contributed by atoms with Crippen LogP contribution in [0.5, 0.6) is 0 Å². The fourth-order valence-electron chi connectivity index (χ4n) is 2.85. The van der Waals surface area contributed by atoms with Crippen LogP contribution in [-0.2, 0) is 9.26 Å². The van der Waals surface area contributed by atoms with Gasteiger partial charge in [0.15, 0.2) is 8.32 Å². The fourth-order valence-corrected chi connectivity index (χ4v) is 4.76. The van der Waals surface area contributed by atoms with E-state index in [1.54, 1.807) is 18.4 Å². The molecule has 1 unspecified atom stereocenters. The predicted molar refractivity (Wildman–Crippen MR) is 111 cm³/mol. The topological polar surface area (TPSA) is 59.5 Å². The van der Waals surface area contributed by atoms with Crippen molar-refractivity contribution in [1.82, 2.24) is 9.97 Å². The second kappa shape index (κ2) is 7.73. The first-order chi connectivity index (χ1) is 12.4. The first-order valence-electron chi connectivity index (χ1n) is 8.72. The zero-order valence-corrected chi connectivity index (χ0v) is 17.7. The SMILES string of the molecule is CC/C(=N/OC)c1csc(C(O[Si](C)(C)C)c2c[nH]c3ccccc23)n1. The van der Waals surface area contributed by atoms with Crippen LogP contribution in [0.3, 0.4) is 0 Å². The molecule has 7 heteroatoms. The molecule has 2 heterocycles. The molecule has 3 aromatic rings. The summed E-state index contributed by atoms with van der Waals surface area (Å²) in [7, 11) is -0.229. The first kappa shape index (κ1) is 18.8. The number of oxime groups is 1. The second-order valence-electron chi connectivity index (χ2n) is 7.04. The van der Waals surface area contributed by atoms with Crippen LogP contribution in [0.15, 0.2) is 41.0 Å². The molecular formula is C19H25N3O2SSi. The van der Waals surface area contributed by atoms with Gasteiger partial charge < -0.3 is 14.2 Å². The number of aromatic nitrogens is 2. The van der Waals surface area contributed by atoms with Gasteiger partial charge in [0.25, 0.3) is 0 Å². The molecule has 1 aromatic carbocycles. The van der Waals surface area contributed by atoms with Gasteiger partial charge in [-0.15, -0.1) is 11.3 Å². The van der Waals surface area contributed by atoms with Crippen molar-refractivity contribution < 1.29 is 9.26 Å². The number of rotatable bonds is 7. The molecule has 26 heavy (non-hydrogen) atoms. The molecule has 0 saturated carbocycles. The summed E-state index contributed by atoms with van der Waals surface area (Å²) in [6.45, 7) is 8.65.